The molecule has 1 saturated heterocycles. The summed E-state index contributed by atoms with van der Waals surface area (Å²) in [7, 11) is 5.38. The number of aromatic nitrogens is 1. The Labute approximate surface area is 229 Å². The molecule has 37 heavy (non-hydrogen) atoms. The molecular formula is C27H51N5O4S. The van der Waals surface area contributed by atoms with E-state index in [1.807, 2.05) is 34.9 Å². The standard InChI is InChI=1S/C27H47N5O4S.2H2/c1-9-18(5)23(30-25(34)20-13-11-12-14-31(20)7)27(35)32(8)21(17(3)4)15-22(36-10-2)26-29-19(16-37-26)24(33)28-6;;/h16-18,20-23H,9-15H2,1-8H3,(H,28,33)(H,30,34);2*1H/t18-,20+,21+,22+,23-;;/m0../s1. The Morgan fingerprint density at radius 1 is 1.27 bits per heavy atom. The molecule has 3 amide bonds. The zero-order valence-electron chi connectivity index (χ0n) is 23.9. The molecule has 1 aliphatic rings. The molecule has 1 aliphatic heterocycles. The summed E-state index contributed by atoms with van der Waals surface area (Å²) in [5.41, 5.74) is 0.366. The summed E-state index contributed by atoms with van der Waals surface area (Å²) in [5.74, 6) is -0.237. The Morgan fingerprint density at radius 2 is 1.97 bits per heavy atom. The van der Waals surface area contributed by atoms with E-state index in [2.05, 4.69) is 34.4 Å². The molecule has 2 N–H and O–H groups in total. The van der Waals surface area contributed by atoms with Crippen molar-refractivity contribution in [2.24, 2.45) is 11.8 Å². The Kier molecular flexibility index (Phi) is 12.5. The van der Waals surface area contributed by atoms with Crippen molar-refractivity contribution < 1.29 is 22.0 Å². The summed E-state index contributed by atoms with van der Waals surface area (Å²) >= 11 is 1.39. The SMILES string of the molecule is CCO[C@H](C[C@H](C(C)C)N(C)C(=O)[C@@H](NC(=O)[C@H]1CCCCN1C)[C@@H](C)CC)c1nc(C(=O)NC)cs1.[HH].[HH]. The van der Waals surface area contributed by atoms with Crippen LogP contribution in [0.3, 0.4) is 0 Å². The molecule has 10 heteroatoms. The van der Waals surface area contributed by atoms with Crippen LogP contribution in [0.5, 0.6) is 0 Å². The van der Waals surface area contributed by atoms with Gasteiger partial charge in [-0.15, -0.1) is 11.3 Å². The van der Waals surface area contributed by atoms with Gasteiger partial charge in [0, 0.05) is 41.4 Å². The average Bonchev–Trinajstić information content (AvgIpc) is 3.38. The monoisotopic (exact) mass is 541 g/mol. The zero-order valence-corrected chi connectivity index (χ0v) is 24.7. The molecule has 0 bridgehead atoms. The minimum atomic E-state index is -0.593. The number of ether oxygens (including phenoxy) is 1. The highest BCUT2D eigenvalue weighted by Gasteiger charge is 2.36. The highest BCUT2D eigenvalue weighted by molar-refractivity contribution is 7.09. The first-order chi connectivity index (χ1) is 17.5. The molecule has 1 aromatic heterocycles. The summed E-state index contributed by atoms with van der Waals surface area (Å²) in [5, 5.41) is 8.17. The van der Waals surface area contributed by atoms with Gasteiger partial charge in [-0.05, 0) is 45.2 Å². The Bertz CT molecular complexity index is 903. The lowest BCUT2D eigenvalue weighted by Crippen LogP contribution is -2.58. The summed E-state index contributed by atoms with van der Waals surface area (Å²) in [6.45, 7) is 11.5. The highest BCUT2D eigenvalue weighted by atomic mass is 32.1. The van der Waals surface area contributed by atoms with E-state index in [0.29, 0.717) is 18.7 Å². The normalized spacial score (nSPS) is 19.6. The minimum Gasteiger partial charge on any atom is -0.371 e. The number of nitrogens with one attached hydrogen (secondary N) is 2. The third-order valence-corrected chi connectivity index (χ3v) is 8.48. The lowest BCUT2D eigenvalue weighted by molar-refractivity contribution is -0.141. The van der Waals surface area contributed by atoms with Crippen LogP contribution < -0.4 is 10.6 Å². The Balaban J connectivity index is 0.00000722. The Morgan fingerprint density at radius 3 is 2.54 bits per heavy atom. The topological polar surface area (TPSA) is 104 Å². The minimum absolute atomic E-state index is 0. The van der Waals surface area contributed by atoms with Gasteiger partial charge in [0.05, 0.1) is 6.04 Å². The van der Waals surface area contributed by atoms with Crippen LogP contribution in [0, 0.1) is 11.8 Å². The van der Waals surface area contributed by atoms with Crippen molar-refractivity contribution in [2.45, 2.75) is 91.0 Å². The van der Waals surface area contributed by atoms with E-state index < -0.39 is 6.04 Å². The number of carbonyl (C=O) groups is 3. The number of likely N-dealkylation sites (tertiary alicyclic amines) is 1. The third-order valence-electron chi connectivity index (χ3n) is 7.55. The third kappa shape index (κ3) is 8.22. The predicted octanol–water partition coefficient (Wildman–Crippen LogP) is 3.96. The van der Waals surface area contributed by atoms with Crippen LogP contribution in [-0.4, -0.2) is 84.9 Å². The fourth-order valence-corrected chi connectivity index (χ4v) is 5.79. The van der Waals surface area contributed by atoms with Crippen LogP contribution in [0.15, 0.2) is 5.38 Å². The van der Waals surface area contributed by atoms with E-state index in [0.717, 1.165) is 37.2 Å². The second kappa shape index (κ2) is 14.8. The highest BCUT2D eigenvalue weighted by Crippen LogP contribution is 2.30. The number of piperidine rings is 1. The van der Waals surface area contributed by atoms with Gasteiger partial charge in [0.15, 0.2) is 0 Å². The molecule has 9 nitrogen and oxygen atoms in total. The maximum Gasteiger partial charge on any atom is 0.270 e. The summed E-state index contributed by atoms with van der Waals surface area (Å²) in [4.78, 5) is 47.5. The first-order valence-electron chi connectivity index (χ1n) is 13.6. The van der Waals surface area contributed by atoms with Gasteiger partial charge in [0.1, 0.15) is 22.8 Å². The number of thiazole rings is 1. The van der Waals surface area contributed by atoms with Gasteiger partial charge in [0.25, 0.3) is 5.91 Å². The smallest absolute Gasteiger partial charge is 0.270 e. The van der Waals surface area contributed by atoms with Crippen molar-refractivity contribution in [3.8, 4) is 0 Å². The number of rotatable bonds is 13. The van der Waals surface area contributed by atoms with Crippen molar-refractivity contribution in [3.05, 3.63) is 16.1 Å². The van der Waals surface area contributed by atoms with Crippen LogP contribution >= 0.6 is 11.3 Å². The van der Waals surface area contributed by atoms with Crippen molar-refractivity contribution in [1.29, 1.82) is 0 Å². The molecule has 0 aliphatic carbocycles. The van der Waals surface area contributed by atoms with E-state index in [9.17, 15) is 14.4 Å². The predicted molar refractivity (Wildman–Crippen MR) is 152 cm³/mol. The fourth-order valence-electron chi connectivity index (χ4n) is 4.93. The quantitative estimate of drug-likeness (QED) is 0.392. The molecular weight excluding hydrogens is 490 g/mol. The molecule has 1 fully saturated rings. The van der Waals surface area contributed by atoms with Crippen LogP contribution in [0.1, 0.15) is 91.2 Å². The fraction of sp³-hybridized carbons (Fsp3) is 0.778. The molecule has 2 rings (SSSR count). The van der Waals surface area contributed by atoms with E-state index in [1.54, 1.807) is 17.3 Å². The molecule has 0 aromatic carbocycles. The maximum absolute atomic E-state index is 13.9. The molecule has 0 saturated carbocycles. The molecule has 5 atom stereocenters. The average molecular weight is 542 g/mol. The summed E-state index contributed by atoms with van der Waals surface area (Å²) in [6.07, 6.45) is 3.91. The Hall–Kier alpha value is -2.04. The first kappa shape index (κ1) is 31.2. The number of hydrogen-bond acceptors (Lipinski definition) is 7. The largest absolute Gasteiger partial charge is 0.371 e. The number of nitrogens with zero attached hydrogens (tertiary/aromatic N) is 3. The van der Waals surface area contributed by atoms with Gasteiger partial charge in [-0.1, -0.05) is 40.5 Å². The molecule has 1 aromatic rings. The van der Waals surface area contributed by atoms with E-state index >= 15 is 0 Å². The second-order valence-corrected chi connectivity index (χ2v) is 11.3. The van der Waals surface area contributed by atoms with Gasteiger partial charge >= 0.3 is 0 Å². The molecule has 0 unspecified atom stereocenters. The van der Waals surface area contributed by atoms with Crippen LogP contribution in [-0.2, 0) is 14.3 Å². The van der Waals surface area contributed by atoms with Crippen LogP contribution in [0.4, 0.5) is 0 Å². The van der Waals surface area contributed by atoms with Gasteiger partial charge < -0.3 is 20.3 Å². The number of amides is 3. The zero-order chi connectivity index (χ0) is 27.7. The molecule has 0 radical (unpaired) electrons. The summed E-state index contributed by atoms with van der Waals surface area (Å²) < 4.78 is 6.05. The number of hydrogen-bond donors (Lipinski definition) is 2. The summed E-state index contributed by atoms with van der Waals surface area (Å²) in [6, 6.07) is -0.928. The van der Waals surface area contributed by atoms with Gasteiger partial charge in [-0.3, -0.25) is 19.3 Å². The molecule has 0 spiro atoms. The lowest BCUT2D eigenvalue weighted by atomic mass is 9.92. The maximum atomic E-state index is 13.9. The van der Waals surface area contributed by atoms with Crippen molar-refractivity contribution in [1.82, 2.24) is 25.4 Å². The van der Waals surface area contributed by atoms with Crippen molar-refractivity contribution in [3.63, 3.8) is 0 Å². The van der Waals surface area contributed by atoms with Crippen LogP contribution in [0.2, 0.25) is 0 Å². The van der Waals surface area contributed by atoms with Gasteiger partial charge in [-0.2, -0.15) is 0 Å². The van der Waals surface area contributed by atoms with E-state index in [-0.39, 0.29) is 50.6 Å². The van der Waals surface area contributed by atoms with Crippen LogP contribution in [0.25, 0.3) is 0 Å². The lowest BCUT2D eigenvalue weighted by Gasteiger charge is -2.38. The van der Waals surface area contributed by atoms with Crippen molar-refractivity contribution >= 4 is 29.1 Å². The van der Waals surface area contributed by atoms with E-state index in [4.69, 9.17) is 4.74 Å². The van der Waals surface area contributed by atoms with Gasteiger partial charge in [0.2, 0.25) is 11.8 Å². The second-order valence-electron chi connectivity index (χ2n) is 10.5. The number of carbonyl (C=O) groups excluding carboxylic acids is 3. The first-order valence-corrected chi connectivity index (χ1v) is 14.5. The molecule has 214 valence electrons. The van der Waals surface area contributed by atoms with Crippen molar-refractivity contribution in [2.75, 3.05) is 34.3 Å². The molecule has 2 heterocycles. The van der Waals surface area contributed by atoms with E-state index in [1.165, 1.54) is 11.3 Å². The van der Waals surface area contributed by atoms with Gasteiger partial charge in [-0.25, -0.2) is 4.98 Å². The number of likely N-dealkylation sites (N-methyl/N-ethyl adjacent to an activating group) is 2.